The van der Waals surface area contributed by atoms with E-state index < -0.39 is 22.1 Å². The van der Waals surface area contributed by atoms with E-state index in [2.05, 4.69) is 10.3 Å². The zero-order chi connectivity index (χ0) is 19.4. The van der Waals surface area contributed by atoms with Gasteiger partial charge in [-0.05, 0) is 59.4 Å². The molecule has 8 nitrogen and oxygen atoms in total. The van der Waals surface area contributed by atoms with Crippen LogP contribution in [-0.4, -0.2) is 48.4 Å². The van der Waals surface area contributed by atoms with E-state index in [0.29, 0.717) is 24.6 Å². The molecule has 27 heavy (non-hydrogen) atoms. The molecule has 2 aromatic rings. The summed E-state index contributed by atoms with van der Waals surface area (Å²) in [5.74, 6) is 0.294. The Morgan fingerprint density at radius 2 is 1.70 bits per heavy atom. The van der Waals surface area contributed by atoms with Crippen LogP contribution >= 0.6 is 0 Å². The van der Waals surface area contributed by atoms with E-state index >= 15 is 0 Å². The molecule has 0 saturated carbocycles. The maximum Gasteiger partial charge on any atom is 0.267 e. The molecule has 2 aromatic carbocycles. The predicted molar refractivity (Wildman–Crippen MR) is 94.7 cm³/mol. The molecule has 1 aliphatic rings. The Labute approximate surface area is 155 Å². The second-order valence-corrected chi connectivity index (χ2v) is 7.52. The van der Waals surface area contributed by atoms with Crippen LogP contribution in [0.3, 0.4) is 0 Å². The Kier molecular flexibility index (Phi) is 5.71. The minimum absolute atomic E-state index is 0.0106. The molecule has 1 unspecified atom stereocenters. The molecule has 144 valence electrons. The molecule has 3 rings (SSSR count). The number of benzene rings is 2. The number of ether oxygens (including phenoxy) is 1. The maximum absolute atomic E-state index is 12.9. The third kappa shape index (κ3) is 4.42. The normalized spacial score (nSPS) is 15.8. The van der Waals surface area contributed by atoms with Gasteiger partial charge in [-0.2, -0.15) is 0 Å². The number of aliphatic hydroxyl groups excluding tert-OH is 1. The van der Waals surface area contributed by atoms with E-state index in [1.807, 2.05) is 0 Å². The number of aliphatic imine (C=N–C) groups is 1. The van der Waals surface area contributed by atoms with Gasteiger partial charge >= 0.3 is 0 Å². The first-order valence-electron chi connectivity index (χ1n) is 8.11. The minimum Gasteiger partial charge on any atom is -0.457 e. The van der Waals surface area contributed by atoms with E-state index in [4.69, 9.17) is 4.74 Å². The molecular formula is C17H18FN3O5S. The van der Waals surface area contributed by atoms with Crippen molar-refractivity contribution in [2.24, 2.45) is 4.99 Å². The Bertz CT molecular complexity index is 917. The van der Waals surface area contributed by atoms with Crippen LogP contribution < -0.4 is 10.1 Å². The fourth-order valence-electron chi connectivity index (χ4n) is 2.39. The second-order valence-electron chi connectivity index (χ2n) is 5.73. The predicted octanol–water partition coefficient (Wildman–Crippen LogP) is 1.71. The fourth-order valence-corrected chi connectivity index (χ4v) is 3.45. The van der Waals surface area contributed by atoms with Gasteiger partial charge in [0.15, 0.2) is 0 Å². The third-order valence-electron chi connectivity index (χ3n) is 3.79. The summed E-state index contributed by atoms with van der Waals surface area (Å²) in [5, 5.41) is 22.8. The Morgan fingerprint density at radius 3 is 2.26 bits per heavy atom. The van der Waals surface area contributed by atoms with Crippen molar-refractivity contribution in [3.8, 4) is 11.5 Å². The van der Waals surface area contributed by atoms with E-state index in [0.717, 1.165) is 6.42 Å². The summed E-state index contributed by atoms with van der Waals surface area (Å²) in [6.07, 6.45) is -1.07. The molecular weight excluding hydrogens is 377 g/mol. The summed E-state index contributed by atoms with van der Waals surface area (Å²) in [7, 11) is -4.37. The van der Waals surface area contributed by atoms with E-state index in [9.17, 15) is 23.1 Å². The highest BCUT2D eigenvalue weighted by molar-refractivity contribution is 7.89. The van der Waals surface area contributed by atoms with E-state index in [1.54, 1.807) is 0 Å². The van der Waals surface area contributed by atoms with Gasteiger partial charge in [-0.1, -0.05) is 0 Å². The van der Waals surface area contributed by atoms with Crippen molar-refractivity contribution in [2.75, 3.05) is 13.1 Å². The maximum atomic E-state index is 12.9. The van der Waals surface area contributed by atoms with Crippen LogP contribution in [0, 0.1) is 5.82 Å². The number of hydroxylamine groups is 1. The summed E-state index contributed by atoms with van der Waals surface area (Å²) in [4.78, 5) is 3.72. The number of nitrogens with one attached hydrogen (secondary N) is 1. The van der Waals surface area contributed by atoms with Crippen LogP contribution in [0.15, 0.2) is 58.4 Å². The molecule has 0 radical (unpaired) electrons. The average Bonchev–Trinajstić information content (AvgIpc) is 2.69. The highest BCUT2D eigenvalue weighted by Crippen LogP contribution is 2.24. The van der Waals surface area contributed by atoms with Crippen molar-refractivity contribution in [3.05, 3.63) is 54.3 Å². The van der Waals surface area contributed by atoms with Crippen LogP contribution in [0.2, 0.25) is 0 Å². The molecule has 1 aliphatic heterocycles. The Balaban J connectivity index is 1.74. The van der Waals surface area contributed by atoms with Gasteiger partial charge in [0.05, 0.1) is 4.90 Å². The lowest BCUT2D eigenvalue weighted by Gasteiger charge is -2.25. The molecule has 0 aromatic heterocycles. The van der Waals surface area contributed by atoms with Crippen LogP contribution in [-0.2, 0) is 10.0 Å². The fraction of sp³-hybridized carbons (Fsp3) is 0.235. The SMILES string of the molecule is O=S(=O)(c1ccc(Oc2ccc(F)cc2)cc1)N(O)C(O)C1=NCCCN1. The average molecular weight is 395 g/mol. The molecule has 10 heteroatoms. The number of hydrogen-bond acceptors (Lipinski definition) is 7. The number of rotatable bonds is 6. The van der Waals surface area contributed by atoms with Crippen molar-refractivity contribution >= 4 is 15.9 Å². The first-order valence-corrected chi connectivity index (χ1v) is 9.55. The zero-order valence-electron chi connectivity index (χ0n) is 14.1. The lowest BCUT2D eigenvalue weighted by Crippen LogP contribution is -2.49. The molecule has 1 heterocycles. The van der Waals surface area contributed by atoms with Crippen molar-refractivity contribution in [3.63, 3.8) is 0 Å². The Hall–Kier alpha value is -2.53. The standard InChI is InChI=1S/C17H18FN3O5S/c18-12-2-4-13(5-3-12)26-14-6-8-15(9-7-14)27(24,25)21(23)17(22)16-19-10-1-11-20-16/h2-9,17,22-23H,1,10-11H2,(H,19,20). The smallest absolute Gasteiger partial charge is 0.267 e. The first-order chi connectivity index (χ1) is 12.9. The van der Waals surface area contributed by atoms with Gasteiger partial charge in [0, 0.05) is 13.1 Å². The molecule has 0 fully saturated rings. The van der Waals surface area contributed by atoms with Crippen molar-refractivity contribution in [2.45, 2.75) is 17.5 Å². The number of hydrogen-bond donors (Lipinski definition) is 3. The summed E-state index contributed by atoms with van der Waals surface area (Å²) in [6.45, 7) is 0.960. The quantitative estimate of drug-likeness (QED) is 0.507. The molecule has 0 amide bonds. The summed E-state index contributed by atoms with van der Waals surface area (Å²) in [5.41, 5.74) is 0. The van der Waals surface area contributed by atoms with Crippen LogP contribution in [0.5, 0.6) is 11.5 Å². The second kappa shape index (κ2) is 8.01. The molecule has 0 bridgehead atoms. The minimum atomic E-state index is -4.37. The Morgan fingerprint density at radius 1 is 1.11 bits per heavy atom. The zero-order valence-corrected chi connectivity index (χ0v) is 14.9. The monoisotopic (exact) mass is 395 g/mol. The lowest BCUT2D eigenvalue weighted by atomic mass is 10.3. The van der Waals surface area contributed by atoms with Crippen molar-refractivity contribution in [1.29, 1.82) is 0 Å². The first kappa shape index (κ1) is 19.2. The number of halogens is 1. The molecule has 3 N–H and O–H groups in total. The lowest BCUT2D eigenvalue weighted by molar-refractivity contribution is -0.0909. The van der Waals surface area contributed by atoms with Crippen molar-refractivity contribution < 1.29 is 27.9 Å². The van der Waals surface area contributed by atoms with Crippen LogP contribution in [0.4, 0.5) is 4.39 Å². The topological polar surface area (TPSA) is 111 Å². The highest BCUT2D eigenvalue weighted by atomic mass is 32.2. The van der Waals surface area contributed by atoms with Crippen molar-refractivity contribution in [1.82, 2.24) is 9.79 Å². The number of aliphatic hydroxyl groups is 1. The molecule has 0 spiro atoms. The van der Waals surface area contributed by atoms with E-state index in [-0.39, 0.29) is 15.2 Å². The van der Waals surface area contributed by atoms with Gasteiger partial charge in [-0.15, -0.1) is 0 Å². The van der Waals surface area contributed by atoms with Crippen LogP contribution in [0.25, 0.3) is 0 Å². The summed E-state index contributed by atoms with van der Waals surface area (Å²) >= 11 is 0. The van der Waals surface area contributed by atoms with E-state index in [1.165, 1.54) is 48.5 Å². The number of sulfonamides is 1. The van der Waals surface area contributed by atoms with Gasteiger partial charge in [-0.25, -0.2) is 12.8 Å². The molecule has 0 aliphatic carbocycles. The largest absolute Gasteiger partial charge is 0.457 e. The number of nitrogens with zero attached hydrogens (tertiary/aromatic N) is 2. The third-order valence-corrected chi connectivity index (χ3v) is 5.35. The highest BCUT2D eigenvalue weighted by Gasteiger charge is 2.33. The number of amidine groups is 1. The summed E-state index contributed by atoms with van der Waals surface area (Å²) < 4.78 is 43.2. The summed E-state index contributed by atoms with van der Waals surface area (Å²) in [6, 6.07) is 10.6. The molecule has 1 atom stereocenters. The van der Waals surface area contributed by atoms with Gasteiger partial charge in [0.1, 0.15) is 23.2 Å². The van der Waals surface area contributed by atoms with Gasteiger partial charge < -0.3 is 15.2 Å². The van der Waals surface area contributed by atoms with Crippen LogP contribution in [0.1, 0.15) is 6.42 Å². The van der Waals surface area contributed by atoms with Gasteiger partial charge in [-0.3, -0.25) is 10.2 Å². The van der Waals surface area contributed by atoms with Gasteiger partial charge in [0.25, 0.3) is 10.0 Å². The van der Waals surface area contributed by atoms with Gasteiger partial charge in [0.2, 0.25) is 6.23 Å². The molecule has 0 saturated heterocycles.